The molecule has 1 nitrogen and oxygen atoms in total. The number of fused-ring (bicyclic) bond motifs is 1. The lowest BCUT2D eigenvalue weighted by Crippen LogP contribution is -1.86. The minimum atomic E-state index is 1.05. The second kappa shape index (κ2) is 2.81. The van der Waals surface area contributed by atoms with Gasteiger partial charge in [0.25, 0.3) is 0 Å². The molecule has 1 aliphatic heterocycles. The topological polar surface area (TPSA) is 9.23 Å². The van der Waals surface area contributed by atoms with Gasteiger partial charge in [0.2, 0.25) is 0 Å². The molecule has 0 unspecified atom stereocenters. The Morgan fingerprint density at radius 2 is 2.17 bits per heavy atom. The first-order valence-corrected chi connectivity index (χ1v) is 4.45. The Balaban J connectivity index is 2.32. The third kappa shape index (κ3) is 1.01. The average molecular weight is 161 g/mol. The van der Waals surface area contributed by atoms with Crippen molar-refractivity contribution >= 4 is 0 Å². The van der Waals surface area contributed by atoms with Crippen molar-refractivity contribution in [2.75, 3.05) is 0 Å². The van der Waals surface area contributed by atoms with Gasteiger partial charge in [0.05, 0.1) is 0 Å². The molecule has 0 aromatic rings. The van der Waals surface area contributed by atoms with Crippen LogP contribution in [0.4, 0.5) is 0 Å². The predicted octanol–water partition coefficient (Wildman–Crippen LogP) is 3.12. The first kappa shape index (κ1) is 7.66. The number of rotatable bonds is 2. The molecule has 1 aliphatic carbocycles. The summed E-state index contributed by atoms with van der Waals surface area (Å²) in [6.07, 6.45) is 6.47. The van der Waals surface area contributed by atoms with Crippen LogP contribution in [0.15, 0.2) is 34.6 Å². The Kier molecular flexibility index (Phi) is 1.80. The van der Waals surface area contributed by atoms with Crippen molar-refractivity contribution in [1.82, 2.24) is 0 Å². The number of allylic oxidation sites excluding steroid dienone is 4. The van der Waals surface area contributed by atoms with Crippen molar-refractivity contribution in [2.45, 2.75) is 26.7 Å². The van der Waals surface area contributed by atoms with Crippen molar-refractivity contribution in [3.63, 3.8) is 0 Å². The standard InChI is InChI=1S/C11H13O/c1-3-4-10-11-8(2)5-6-9(11)7-12-10/h5-7H,3-4H2,1-2H3. The summed E-state index contributed by atoms with van der Waals surface area (Å²) in [5.41, 5.74) is 3.91. The maximum atomic E-state index is 5.48. The van der Waals surface area contributed by atoms with Crippen molar-refractivity contribution in [3.05, 3.63) is 41.2 Å². The molecule has 0 saturated carbocycles. The van der Waals surface area contributed by atoms with E-state index in [2.05, 4.69) is 26.0 Å². The maximum absolute atomic E-state index is 5.48. The normalized spacial score (nSPS) is 20.5. The van der Waals surface area contributed by atoms with Gasteiger partial charge >= 0.3 is 0 Å². The molecule has 0 fully saturated rings. The van der Waals surface area contributed by atoms with Crippen LogP contribution in [0.2, 0.25) is 0 Å². The van der Waals surface area contributed by atoms with Crippen molar-refractivity contribution in [1.29, 1.82) is 0 Å². The lowest BCUT2D eigenvalue weighted by Gasteiger charge is -2.02. The number of hydrogen-bond donors (Lipinski definition) is 0. The van der Waals surface area contributed by atoms with Crippen molar-refractivity contribution in [2.24, 2.45) is 0 Å². The van der Waals surface area contributed by atoms with Crippen LogP contribution in [0.3, 0.4) is 0 Å². The van der Waals surface area contributed by atoms with Gasteiger partial charge in [-0.15, -0.1) is 0 Å². The zero-order chi connectivity index (χ0) is 8.55. The van der Waals surface area contributed by atoms with E-state index in [0.717, 1.165) is 18.6 Å². The summed E-state index contributed by atoms with van der Waals surface area (Å²) in [7, 11) is 0. The molecule has 0 amide bonds. The summed E-state index contributed by atoms with van der Waals surface area (Å²) in [4.78, 5) is 0. The van der Waals surface area contributed by atoms with E-state index < -0.39 is 0 Å². The van der Waals surface area contributed by atoms with Crippen LogP contribution in [-0.4, -0.2) is 0 Å². The van der Waals surface area contributed by atoms with Gasteiger partial charge in [-0.25, -0.2) is 0 Å². The van der Waals surface area contributed by atoms with E-state index in [1.165, 1.54) is 16.7 Å². The van der Waals surface area contributed by atoms with E-state index in [9.17, 15) is 0 Å². The number of ether oxygens (including phenoxy) is 1. The van der Waals surface area contributed by atoms with E-state index in [-0.39, 0.29) is 0 Å². The smallest absolute Gasteiger partial charge is 0.165 e. The van der Waals surface area contributed by atoms with Gasteiger partial charge in [-0.1, -0.05) is 19.1 Å². The SMILES string of the molecule is CCCC1=C2C(C)=CC=C2[CH]O1. The zero-order valence-corrected chi connectivity index (χ0v) is 7.55. The van der Waals surface area contributed by atoms with Crippen LogP contribution < -0.4 is 0 Å². The number of hydrogen-bond acceptors (Lipinski definition) is 1. The lowest BCUT2D eigenvalue weighted by atomic mass is 10.0. The van der Waals surface area contributed by atoms with Crippen LogP contribution in [-0.2, 0) is 4.74 Å². The Morgan fingerprint density at radius 1 is 1.33 bits per heavy atom. The highest BCUT2D eigenvalue weighted by atomic mass is 16.5. The van der Waals surface area contributed by atoms with Gasteiger partial charge < -0.3 is 4.74 Å². The molecule has 0 saturated heterocycles. The van der Waals surface area contributed by atoms with Crippen LogP contribution in [0.1, 0.15) is 26.7 Å². The Hall–Kier alpha value is -0.980. The van der Waals surface area contributed by atoms with Crippen LogP contribution in [0.5, 0.6) is 0 Å². The highest BCUT2D eigenvalue weighted by molar-refractivity contribution is 5.60. The van der Waals surface area contributed by atoms with E-state index in [1.807, 2.05) is 6.61 Å². The van der Waals surface area contributed by atoms with Gasteiger partial charge in [0.15, 0.2) is 6.61 Å². The highest BCUT2D eigenvalue weighted by Crippen LogP contribution is 2.38. The van der Waals surface area contributed by atoms with Crippen LogP contribution in [0.25, 0.3) is 0 Å². The van der Waals surface area contributed by atoms with E-state index in [0.29, 0.717) is 0 Å². The summed E-state index contributed by atoms with van der Waals surface area (Å²) in [6.45, 7) is 6.16. The molecule has 0 aromatic heterocycles. The second-order valence-electron chi connectivity index (χ2n) is 3.26. The molecule has 0 aromatic carbocycles. The third-order valence-corrected chi connectivity index (χ3v) is 2.28. The van der Waals surface area contributed by atoms with E-state index in [1.54, 1.807) is 0 Å². The molecular formula is C11H13O. The average Bonchev–Trinajstić information content (AvgIpc) is 2.58. The minimum absolute atomic E-state index is 1.05. The third-order valence-electron chi connectivity index (χ3n) is 2.28. The first-order chi connectivity index (χ1) is 5.83. The summed E-state index contributed by atoms with van der Waals surface area (Å²) in [6, 6.07) is 0. The Labute approximate surface area is 73.4 Å². The largest absolute Gasteiger partial charge is 0.485 e. The zero-order valence-electron chi connectivity index (χ0n) is 7.55. The van der Waals surface area contributed by atoms with Gasteiger partial charge in [-0.3, -0.25) is 0 Å². The fourth-order valence-corrected chi connectivity index (χ4v) is 1.69. The summed E-state index contributed by atoms with van der Waals surface area (Å²) in [5.74, 6) is 1.15. The molecule has 1 heteroatoms. The monoisotopic (exact) mass is 161 g/mol. The van der Waals surface area contributed by atoms with Crippen molar-refractivity contribution in [3.8, 4) is 0 Å². The van der Waals surface area contributed by atoms with Crippen molar-refractivity contribution < 1.29 is 4.74 Å². The minimum Gasteiger partial charge on any atom is -0.485 e. The van der Waals surface area contributed by atoms with E-state index >= 15 is 0 Å². The summed E-state index contributed by atoms with van der Waals surface area (Å²) >= 11 is 0. The molecule has 0 bridgehead atoms. The summed E-state index contributed by atoms with van der Waals surface area (Å²) < 4.78 is 5.48. The van der Waals surface area contributed by atoms with Gasteiger partial charge in [-0.2, -0.15) is 0 Å². The van der Waals surface area contributed by atoms with Gasteiger partial charge in [-0.05, 0) is 18.9 Å². The molecule has 12 heavy (non-hydrogen) atoms. The van der Waals surface area contributed by atoms with E-state index in [4.69, 9.17) is 4.74 Å². The molecule has 1 heterocycles. The summed E-state index contributed by atoms with van der Waals surface area (Å²) in [5, 5.41) is 0. The van der Waals surface area contributed by atoms with Gasteiger partial charge in [0.1, 0.15) is 5.76 Å². The molecule has 63 valence electrons. The predicted molar refractivity (Wildman–Crippen MR) is 49.2 cm³/mol. The molecule has 1 radical (unpaired) electrons. The van der Waals surface area contributed by atoms with Gasteiger partial charge in [0, 0.05) is 17.6 Å². The second-order valence-corrected chi connectivity index (χ2v) is 3.26. The molecule has 0 spiro atoms. The fourth-order valence-electron chi connectivity index (χ4n) is 1.69. The molecule has 0 atom stereocenters. The highest BCUT2D eigenvalue weighted by Gasteiger charge is 2.24. The quantitative estimate of drug-likeness (QED) is 0.604. The Bertz CT molecular complexity index is 292. The molecule has 0 N–H and O–H groups in total. The Morgan fingerprint density at radius 3 is 2.92 bits per heavy atom. The fraction of sp³-hybridized carbons (Fsp3) is 0.364. The molecular weight excluding hydrogens is 148 g/mol. The molecule has 2 aliphatic rings. The lowest BCUT2D eigenvalue weighted by molar-refractivity contribution is 0.306. The molecule has 2 rings (SSSR count). The van der Waals surface area contributed by atoms with Crippen LogP contribution >= 0.6 is 0 Å². The first-order valence-electron chi connectivity index (χ1n) is 4.45. The maximum Gasteiger partial charge on any atom is 0.165 e. The van der Waals surface area contributed by atoms with Crippen LogP contribution in [0, 0.1) is 6.61 Å².